The van der Waals surface area contributed by atoms with Gasteiger partial charge in [0.2, 0.25) is 0 Å². The Morgan fingerprint density at radius 1 is 1.26 bits per heavy atom. The van der Waals surface area contributed by atoms with Crippen molar-refractivity contribution in [3.8, 4) is 0 Å². The third-order valence-corrected chi connectivity index (χ3v) is 2.46. The Morgan fingerprint density at radius 3 is 2.58 bits per heavy atom. The molecule has 0 aliphatic rings. The number of rotatable bonds is 6. The van der Waals surface area contributed by atoms with E-state index in [0.29, 0.717) is 6.61 Å². The Labute approximate surface area is 113 Å². The normalized spacial score (nSPS) is 11.5. The summed E-state index contributed by atoms with van der Waals surface area (Å²) < 4.78 is 4.71. The Hall–Kier alpha value is -2.04. The van der Waals surface area contributed by atoms with Gasteiger partial charge < -0.3 is 15.4 Å². The summed E-state index contributed by atoms with van der Waals surface area (Å²) in [5.41, 5.74) is 1.15. The highest BCUT2D eigenvalue weighted by Crippen LogP contribution is 2.02. The van der Waals surface area contributed by atoms with Gasteiger partial charge in [0.15, 0.2) is 0 Å². The second kappa shape index (κ2) is 8.13. The number of carbonyl (C=O) groups excluding carboxylic acids is 2. The summed E-state index contributed by atoms with van der Waals surface area (Å²) in [6, 6.07) is 9.52. The zero-order valence-corrected chi connectivity index (χ0v) is 11.3. The lowest BCUT2D eigenvalue weighted by Gasteiger charge is -2.14. The zero-order chi connectivity index (χ0) is 14.1. The minimum absolute atomic E-state index is 0.00963. The van der Waals surface area contributed by atoms with Crippen LogP contribution in [0.3, 0.4) is 0 Å². The first-order valence-electron chi connectivity index (χ1n) is 6.35. The van der Waals surface area contributed by atoms with Gasteiger partial charge in [0.25, 0.3) is 0 Å². The molecule has 19 heavy (non-hydrogen) atoms. The third kappa shape index (κ3) is 6.45. The van der Waals surface area contributed by atoms with E-state index >= 15 is 0 Å². The van der Waals surface area contributed by atoms with Crippen LogP contribution >= 0.6 is 0 Å². The van der Waals surface area contributed by atoms with Gasteiger partial charge in [-0.1, -0.05) is 30.3 Å². The van der Waals surface area contributed by atoms with E-state index in [1.165, 1.54) is 0 Å². The standard InChI is InChI=1S/C14H20N2O3/c1-3-19-13(17)10-15-14(18)16-11(2)9-12-7-5-4-6-8-12/h4-8,11H,3,9-10H2,1-2H3,(H2,15,16,18). The van der Waals surface area contributed by atoms with Crippen LogP contribution in [0.5, 0.6) is 0 Å². The van der Waals surface area contributed by atoms with Crippen LogP contribution in [0.1, 0.15) is 19.4 Å². The van der Waals surface area contributed by atoms with Crippen molar-refractivity contribution < 1.29 is 14.3 Å². The van der Waals surface area contributed by atoms with E-state index in [9.17, 15) is 9.59 Å². The Morgan fingerprint density at radius 2 is 1.95 bits per heavy atom. The number of ether oxygens (including phenoxy) is 1. The summed E-state index contributed by atoms with van der Waals surface area (Å²) in [4.78, 5) is 22.6. The number of urea groups is 1. The molecule has 2 N–H and O–H groups in total. The minimum Gasteiger partial charge on any atom is -0.465 e. The number of nitrogens with one attached hydrogen (secondary N) is 2. The summed E-state index contributed by atoms with van der Waals surface area (Å²) >= 11 is 0. The fourth-order valence-electron chi connectivity index (χ4n) is 1.66. The quantitative estimate of drug-likeness (QED) is 0.765. The predicted molar refractivity (Wildman–Crippen MR) is 72.8 cm³/mol. The van der Waals surface area contributed by atoms with Crippen molar-refractivity contribution in [3.63, 3.8) is 0 Å². The van der Waals surface area contributed by atoms with Gasteiger partial charge in [-0.25, -0.2) is 4.79 Å². The molecule has 0 spiro atoms. The van der Waals surface area contributed by atoms with Crippen molar-refractivity contribution in [3.05, 3.63) is 35.9 Å². The van der Waals surface area contributed by atoms with E-state index in [1.807, 2.05) is 37.3 Å². The number of carbonyl (C=O) groups is 2. The maximum Gasteiger partial charge on any atom is 0.325 e. The fourth-order valence-corrected chi connectivity index (χ4v) is 1.66. The van der Waals surface area contributed by atoms with Crippen molar-refractivity contribution in [2.24, 2.45) is 0 Å². The summed E-state index contributed by atoms with van der Waals surface area (Å²) in [7, 11) is 0. The maximum absolute atomic E-state index is 11.5. The zero-order valence-electron chi connectivity index (χ0n) is 11.3. The second-order valence-corrected chi connectivity index (χ2v) is 4.22. The van der Waals surface area contributed by atoms with Crippen LogP contribution in [0, 0.1) is 0 Å². The van der Waals surface area contributed by atoms with Crippen molar-refractivity contribution in [2.45, 2.75) is 26.3 Å². The van der Waals surface area contributed by atoms with E-state index in [-0.39, 0.29) is 18.6 Å². The Balaban J connectivity index is 2.26. The molecule has 0 fully saturated rings. The topological polar surface area (TPSA) is 67.4 Å². The van der Waals surface area contributed by atoms with Gasteiger partial charge in [0.1, 0.15) is 6.54 Å². The average molecular weight is 264 g/mol. The van der Waals surface area contributed by atoms with E-state index in [2.05, 4.69) is 10.6 Å². The molecule has 1 atom stereocenters. The molecule has 5 nitrogen and oxygen atoms in total. The molecule has 1 aromatic carbocycles. The van der Waals surface area contributed by atoms with Crippen LogP contribution < -0.4 is 10.6 Å². The van der Waals surface area contributed by atoms with Gasteiger partial charge in [-0.15, -0.1) is 0 Å². The van der Waals surface area contributed by atoms with Crippen LogP contribution in [-0.2, 0) is 16.0 Å². The second-order valence-electron chi connectivity index (χ2n) is 4.22. The van der Waals surface area contributed by atoms with Crippen molar-refractivity contribution in [2.75, 3.05) is 13.2 Å². The number of esters is 1. The van der Waals surface area contributed by atoms with Crippen molar-refractivity contribution in [1.29, 1.82) is 0 Å². The molecule has 1 rings (SSSR count). The van der Waals surface area contributed by atoms with Crippen LogP contribution in [0.25, 0.3) is 0 Å². The first-order valence-corrected chi connectivity index (χ1v) is 6.35. The fraction of sp³-hybridized carbons (Fsp3) is 0.429. The van der Waals surface area contributed by atoms with Gasteiger partial charge in [0, 0.05) is 6.04 Å². The number of benzene rings is 1. The molecule has 5 heteroatoms. The molecule has 0 aromatic heterocycles. The number of hydrogen-bond donors (Lipinski definition) is 2. The highest BCUT2D eigenvalue weighted by Gasteiger charge is 2.09. The first kappa shape index (κ1) is 15.0. The molecule has 0 heterocycles. The van der Waals surface area contributed by atoms with Crippen molar-refractivity contribution in [1.82, 2.24) is 10.6 Å². The van der Waals surface area contributed by atoms with Gasteiger partial charge in [-0.3, -0.25) is 4.79 Å². The summed E-state index contributed by atoms with van der Waals surface area (Å²) in [6.07, 6.45) is 0.744. The SMILES string of the molecule is CCOC(=O)CNC(=O)NC(C)Cc1ccccc1. The van der Waals surface area contributed by atoms with Gasteiger partial charge in [-0.2, -0.15) is 0 Å². The van der Waals surface area contributed by atoms with E-state index in [4.69, 9.17) is 4.74 Å². The molecule has 104 valence electrons. The Kier molecular flexibility index (Phi) is 6.43. The lowest BCUT2D eigenvalue weighted by Crippen LogP contribution is -2.43. The minimum atomic E-state index is -0.437. The molecular formula is C14H20N2O3. The highest BCUT2D eigenvalue weighted by molar-refractivity contribution is 5.80. The molecule has 1 unspecified atom stereocenters. The summed E-state index contributed by atoms with van der Waals surface area (Å²) in [5, 5.41) is 5.23. The molecule has 0 bridgehead atoms. The lowest BCUT2D eigenvalue weighted by atomic mass is 10.1. The van der Waals surface area contributed by atoms with E-state index in [0.717, 1.165) is 12.0 Å². The monoisotopic (exact) mass is 264 g/mol. The number of amides is 2. The van der Waals surface area contributed by atoms with E-state index in [1.54, 1.807) is 6.92 Å². The highest BCUT2D eigenvalue weighted by atomic mass is 16.5. The van der Waals surface area contributed by atoms with Gasteiger partial charge >= 0.3 is 12.0 Å². The molecular weight excluding hydrogens is 244 g/mol. The molecule has 0 saturated heterocycles. The predicted octanol–water partition coefficient (Wildman–Crippen LogP) is 1.48. The van der Waals surface area contributed by atoms with Gasteiger partial charge in [-0.05, 0) is 25.8 Å². The molecule has 0 aliphatic heterocycles. The van der Waals surface area contributed by atoms with Crippen LogP contribution in [-0.4, -0.2) is 31.2 Å². The maximum atomic E-state index is 11.5. The number of hydrogen-bond acceptors (Lipinski definition) is 3. The molecule has 0 radical (unpaired) electrons. The van der Waals surface area contributed by atoms with Crippen LogP contribution in [0.4, 0.5) is 4.79 Å². The van der Waals surface area contributed by atoms with Gasteiger partial charge in [0.05, 0.1) is 6.61 Å². The molecule has 2 amide bonds. The largest absolute Gasteiger partial charge is 0.465 e. The summed E-state index contributed by atoms with van der Waals surface area (Å²) in [5.74, 6) is -0.437. The van der Waals surface area contributed by atoms with Crippen LogP contribution in [0.15, 0.2) is 30.3 Å². The van der Waals surface area contributed by atoms with E-state index < -0.39 is 5.97 Å². The summed E-state index contributed by atoms with van der Waals surface area (Å²) in [6.45, 7) is 3.83. The first-order chi connectivity index (χ1) is 9.11. The molecule has 0 saturated carbocycles. The molecule has 0 aliphatic carbocycles. The smallest absolute Gasteiger partial charge is 0.325 e. The third-order valence-electron chi connectivity index (χ3n) is 2.46. The van der Waals surface area contributed by atoms with Crippen molar-refractivity contribution >= 4 is 12.0 Å². The van der Waals surface area contributed by atoms with Crippen LogP contribution in [0.2, 0.25) is 0 Å². The Bertz CT molecular complexity index is 406. The molecule has 1 aromatic rings. The lowest BCUT2D eigenvalue weighted by molar-refractivity contribution is -0.141. The average Bonchev–Trinajstić information content (AvgIpc) is 2.38.